The van der Waals surface area contributed by atoms with Gasteiger partial charge in [0.15, 0.2) is 5.78 Å². The summed E-state index contributed by atoms with van der Waals surface area (Å²) in [5, 5.41) is 4.90. The molecule has 2 amide bonds. The number of carbonyl (C=O) groups excluding carboxylic acids is 3. The van der Waals surface area contributed by atoms with Gasteiger partial charge in [-0.25, -0.2) is 0 Å². The quantitative estimate of drug-likeness (QED) is 0.581. The molecule has 2 rings (SSSR count). The zero-order valence-corrected chi connectivity index (χ0v) is 15.5. The maximum Gasteiger partial charge on any atom is 0.416 e. The van der Waals surface area contributed by atoms with Crippen LogP contribution in [0.2, 0.25) is 0 Å². The lowest BCUT2D eigenvalue weighted by molar-refractivity contribution is -0.138. The highest BCUT2D eigenvalue weighted by molar-refractivity contribution is 6.14. The van der Waals surface area contributed by atoms with Gasteiger partial charge in [-0.3, -0.25) is 14.4 Å². The van der Waals surface area contributed by atoms with Gasteiger partial charge in [-0.15, -0.1) is 0 Å². The Bertz CT molecular complexity index is 904. The Labute approximate surface area is 159 Å². The molecular formula is C20H19F3N2O3. The van der Waals surface area contributed by atoms with E-state index >= 15 is 0 Å². The van der Waals surface area contributed by atoms with E-state index in [9.17, 15) is 27.6 Å². The molecule has 0 fully saturated rings. The summed E-state index contributed by atoms with van der Waals surface area (Å²) in [6.07, 6.45) is -4.54. The van der Waals surface area contributed by atoms with Crippen molar-refractivity contribution in [2.75, 3.05) is 10.6 Å². The molecule has 0 unspecified atom stereocenters. The lowest BCUT2D eigenvalue weighted by Crippen LogP contribution is -2.41. The molecule has 0 aliphatic carbocycles. The van der Waals surface area contributed by atoms with Crippen LogP contribution in [-0.2, 0) is 15.8 Å². The van der Waals surface area contributed by atoms with Gasteiger partial charge in [0.2, 0.25) is 11.8 Å². The van der Waals surface area contributed by atoms with Crippen LogP contribution < -0.4 is 10.6 Å². The van der Waals surface area contributed by atoms with Crippen molar-refractivity contribution in [3.8, 4) is 0 Å². The van der Waals surface area contributed by atoms with E-state index < -0.39 is 29.0 Å². The van der Waals surface area contributed by atoms with E-state index in [1.54, 1.807) is 0 Å². The van der Waals surface area contributed by atoms with E-state index in [1.807, 2.05) is 0 Å². The van der Waals surface area contributed by atoms with E-state index in [4.69, 9.17) is 0 Å². The van der Waals surface area contributed by atoms with E-state index in [2.05, 4.69) is 10.6 Å². The topological polar surface area (TPSA) is 75.3 Å². The number of nitrogens with one attached hydrogen (secondary N) is 2. The smallest absolute Gasteiger partial charge is 0.325 e. The fraction of sp³-hybridized carbons (Fsp3) is 0.250. The fourth-order valence-corrected chi connectivity index (χ4v) is 2.24. The second kappa shape index (κ2) is 7.84. The second-order valence-electron chi connectivity index (χ2n) is 6.75. The SMILES string of the molecule is CC(=O)c1ccc(NC(=O)C(C)(C)C(=O)Nc2cccc(C(F)(F)F)c2)cc1. The third kappa shape index (κ3) is 4.97. The Balaban J connectivity index is 2.11. The van der Waals surface area contributed by atoms with Crippen molar-refractivity contribution in [3.05, 3.63) is 59.7 Å². The third-order valence-corrected chi connectivity index (χ3v) is 4.13. The van der Waals surface area contributed by atoms with Gasteiger partial charge >= 0.3 is 6.18 Å². The largest absolute Gasteiger partial charge is 0.416 e. The van der Waals surface area contributed by atoms with Gasteiger partial charge in [0.1, 0.15) is 5.41 Å². The molecule has 0 bridgehead atoms. The van der Waals surface area contributed by atoms with Crippen molar-refractivity contribution >= 4 is 29.0 Å². The molecule has 2 aromatic rings. The lowest BCUT2D eigenvalue weighted by Gasteiger charge is -2.23. The molecule has 0 radical (unpaired) electrons. The van der Waals surface area contributed by atoms with Crippen LogP contribution in [0.3, 0.4) is 0 Å². The molecule has 0 spiro atoms. The summed E-state index contributed by atoms with van der Waals surface area (Å²) in [4.78, 5) is 36.2. The number of amides is 2. The molecule has 0 saturated heterocycles. The first-order valence-corrected chi connectivity index (χ1v) is 8.32. The minimum Gasteiger partial charge on any atom is -0.325 e. The molecule has 0 aliphatic rings. The number of hydrogen-bond donors (Lipinski definition) is 2. The summed E-state index contributed by atoms with van der Waals surface area (Å²) in [6.45, 7) is 4.12. The maximum absolute atomic E-state index is 12.8. The minimum absolute atomic E-state index is 0.0634. The highest BCUT2D eigenvalue weighted by atomic mass is 19.4. The Morgan fingerprint density at radius 1 is 0.821 bits per heavy atom. The van der Waals surface area contributed by atoms with Gasteiger partial charge < -0.3 is 10.6 Å². The van der Waals surface area contributed by atoms with Crippen LogP contribution in [0.1, 0.15) is 36.7 Å². The number of halogens is 3. The maximum atomic E-state index is 12.8. The van der Waals surface area contributed by atoms with Crippen LogP contribution in [0.4, 0.5) is 24.5 Å². The number of anilines is 2. The minimum atomic E-state index is -4.54. The van der Waals surface area contributed by atoms with Crippen molar-refractivity contribution < 1.29 is 27.6 Å². The molecule has 0 aliphatic heterocycles. The van der Waals surface area contributed by atoms with Crippen molar-refractivity contribution in [1.29, 1.82) is 0 Å². The zero-order valence-electron chi connectivity index (χ0n) is 15.5. The van der Waals surface area contributed by atoms with E-state index in [-0.39, 0.29) is 11.5 Å². The van der Waals surface area contributed by atoms with Crippen molar-refractivity contribution in [2.45, 2.75) is 26.9 Å². The lowest BCUT2D eigenvalue weighted by atomic mass is 9.90. The summed E-state index contributed by atoms with van der Waals surface area (Å²) < 4.78 is 38.4. The summed E-state index contributed by atoms with van der Waals surface area (Å²) in [5.74, 6) is -1.53. The molecule has 2 aromatic carbocycles. The second-order valence-corrected chi connectivity index (χ2v) is 6.75. The fourth-order valence-electron chi connectivity index (χ4n) is 2.24. The number of carbonyl (C=O) groups is 3. The first-order chi connectivity index (χ1) is 12.9. The molecule has 2 N–H and O–H groups in total. The van der Waals surface area contributed by atoms with Gasteiger partial charge in [-0.05, 0) is 63.2 Å². The standard InChI is InChI=1S/C20H19F3N2O3/c1-12(26)13-7-9-15(10-8-13)24-17(27)19(2,3)18(28)25-16-6-4-5-14(11-16)20(21,22)23/h4-11H,1-3H3,(H,24,27)(H,25,28). The molecule has 148 valence electrons. The third-order valence-electron chi connectivity index (χ3n) is 4.13. The Kier molecular flexibility index (Phi) is 5.92. The summed E-state index contributed by atoms with van der Waals surface area (Å²) in [7, 11) is 0. The number of hydrogen-bond acceptors (Lipinski definition) is 3. The average Bonchev–Trinajstić information content (AvgIpc) is 2.61. The van der Waals surface area contributed by atoms with E-state index in [0.29, 0.717) is 11.3 Å². The number of ketones is 1. The molecule has 5 nitrogen and oxygen atoms in total. The van der Waals surface area contributed by atoms with Crippen molar-refractivity contribution in [2.24, 2.45) is 5.41 Å². The van der Waals surface area contributed by atoms with Crippen molar-refractivity contribution in [1.82, 2.24) is 0 Å². The van der Waals surface area contributed by atoms with Gasteiger partial charge in [-0.1, -0.05) is 6.07 Å². The highest BCUT2D eigenvalue weighted by Gasteiger charge is 2.37. The molecule has 8 heteroatoms. The molecule has 0 atom stereocenters. The van der Waals surface area contributed by atoms with Crippen LogP contribution in [0.25, 0.3) is 0 Å². The Hall–Kier alpha value is -3.16. The van der Waals surface area contributed by atoms with Crippen LogP contribution in [-0.4, -0.2) is 17.6 Å². The molecule has 0 heterocycles. The van der Waals surface area contributed by atoms with Gasteiger partial charge in [0, 0.05) is 16.9 Å². The zero-order chi connectivity index (χ0) is 21.1. The summed E-state index contributed by atoms with van der Waals surface area (Å²) in [5.41, 5.74) is -1.67. The first kappa shape index (κ1) is 21.1. The number of Topliss-reactive ketones (excluding diaryl/α,β-unsaturated/α-hetero) is 1. The predicted octanol–water partition coefficient (Wildman–Crippen LogP) is 4.51. The van der Waals surface area contributed by atoms with Gasteiger partial charge in [0.05, 0.1) is 5.56 Å². The number of rotatable bonds is 5. The summed E-state index contributed by atoms with van der Waals surface area (Å²) >= 11 is 0. The van der Waals surface area contributed by atoms with Crippen LogP contribution in [0, 0.1) is 5.41 Å². The van der Waals surface area contributed by atoms with E-state index in [0.717, 1.165) is 12.1 Å². The van der Waals surface area contributed by atoms with E-state index in [1.165, 1.54) is 57.2 Å². The van der Waals surface area contributed by atoms with Crippen LogP contribution >= 0.6 is 0 Å². The molecule has 0 aromatic heterocycles. The molecule has 28 heavy (non-hydrogen) atoms. The predicted molar refractivity (Wildman–Crippen MR) is 98.9 cm³/mol. The Morgan fingerprint density at radius 3 is 1.86 bits per heavy atom. The van der Waals surface area contributed by atoms with Crippen molar-refractivity contribution in [3.63, 3.8) is 0 Å². The Morgan fingerprint density at radius 2 is 1.36 bits per heavy atom. The van der Waals surface area contributed by atoms with Gasteiger partial charge in [-0.2, -0.15) is 13.2 Å². The number of benzene rings is 2. The average molecular weight is 392 g/mol. The normalized spacial score (nSPS) is 11.6. The summed E-state index contributed by atoms with van der Waals surface area (Å²) in [6, 6.07) is 10.3. The molecular weight excluding hydrogens is 373 g/mol. The van der Waals surface area contributed by atoms with Crippen LogP contribution in [0.15, 0.2) is 48.5 Å². The van der Waals surface area contributed by atoms with Crippen LogP contribution in [0.5, 0.6) is 0 Å². The number of alkyl halides is 3. The van der Waals surface area contributed by atoms with Gasteiger partial charge in [0.25, 0.3) is 0 Å². The highest BCUT2D eigenvalue weighted by Crippen LogP contribution is 2.31. The first-order valence-electron chi connectivity index (χ1n) is 8.32. The molecule has 0 saturated carbocycles. The monoisotopic (exact) mass is 392 g/mol.